The zero-order valence-corrected chi connectivity index (χ0v) is 8.96. The third-order valence-electron chi connectivity index (χ3n) is 2.72. The van der Waals surface area contributed by atoms with Crippen LogP contribution in [0.4, 0.5) is 10.5 Å². The Bertz CT molecular complexity index is 604. The van der Waals surface area contributed by atoms with Crippen LogP contribution in [-0.2, 0) is 4.79 Å². The zero-order chi connectivity index (χ0) is 11.8. The lowest BCUT2D eigenvalue weighted by Crippen LogP contribution is -2.49. The van der Waals surface area contributed by atoms with Gasteiger partial charge in [-0.05, 0) is 12.1 Å². The fraction of sp³-hybridized carbons (Fsp3) is 0.182. The van der Waals surface area contributed by atoms with E-state index in [9.17, 15) is 9.59 Å². The highest BCUT2D eigenvalue weighted by atomic mass is 16.2. The van der Waals surface area contributed by atoms with Crippen LogP contribution in [0.25, 0.3) is 5.65 Å². The Morgan fingerprint density at radius 3 is 3.06 bits per heavy atom. The number of urea groups is 1. The van der Waals surface area contributed by atoms with Crippen molar-refractivity contribution < 1.29 is 9.59 Å². The largest absolute Gasteiger partial charge is 0.328 e. The molecule has 3 heterocycles. The van der Waals surface area contributed by atoms with Gasteiger partial charge in [0.05, 0.1) is 11.9 Å². The summed E-state index contributed by atoms with van der Waals surface area (Å²) in [4.78, 5) is 28.4. The van der Waals surface area contributed by atoms with Crippen LogP contribution in [0.3, 0.4) is 0 Å². The summed E-state index contributed by atoms with van der Waals surface area (Å²) in [5.74, 6) is -0.235. The van der Waals surface area contributed by atoms with Crippen molar-refractivity contribution in [1.29, 1.82) is 0 Å². The molecule has 1 aliphatic rings. The third-order valence-corrected chi connectivity index (χ3v) is 2.72. The molecular formula is C11H10N4O2. The van der Waals surface area contributed by atoms with E-state index >= 15 is 0 Å². The maximum atomic E-state index is 11.6. The summed E-state index contributed by atoms with van der Waals surface area (Å²) in [7, 11) is 0. The van der Waals surface area contributed by atoms with Gasteiger partial charge in [0, 0.05) is 25.4 Å². The van der Waals surface area contributed by atoms with Crippen molar-refractivity contribution in [3.63, 3.8) is 0 Å². The predicted octanol–water partition coefficient (Wildman–Crippen LogP) is 0.781. The van der Waals surface area contributed by atoms with Crippen molar-refractivity contribution in [1.82, 2.24) is 14.7 Å². The molecule has 17 heavy (non-hydrogen) atoms. The monoisotopic (exact) mass is 230 g/mol. The number of rotatable bonds is 1. The number of carbonyl (C=O) groups is 2. The van der Waals surface area contributed by atoms with Crippen LogP contribution in [0.2, 0.25) is 0 Å². The fourth-order valence-corrected chi connectivity index (χ4v) is 1.86. The summed E-state index contributed by atoms with van der Waals surface area (Å²) in [5, 5.41) is 2.28. The lowest BCUT2D eigenvalue weighted by molar-refractivity contribution is -0.120. The van der Waals surface area contributed by atoms with E-state index in [4.69, 9.17) is 0 Å². The first-order valence-corrected chi connectivity index (χ1v) is 5.28. The quantitative estimate of drug-likeness (QED) is 0.787. The van der Waals surface area contributed by atoms with Gasteiger partial charge in [0.1, 0.15) is 5.65 Å². The lowest BCUT2D eigenvalue weighted by atomic mass is 10.3. The number of imide groups is 1. The number of nitrogens with one attached hydrogen (secondary N) is 1. The number of nitrogens with zero attached hydrogens (tertiary/aromatic N) is 3. The molecule has 0 aliphatic carbocycles. The third kappa shape index (κ3) is 1.63. The first-order valence-electron chi connectivity index (χ1n) is 5.28. The number of fused-ring (bicyclic) bond motifs is 1. The number of anilines is 1. The van der Waals surface area contributed by atoms with E-state index < -0.39 is 6.03 Å². The average Bonchev–Trinajstić information content (AvgIpc) is 2.75. The van der Waals surface area contributed by atoms with Crippen molar-refractivity contribution in [2.75, 3.05) is 11.4 Å². The van der Waals surface area contributed by atoms with Crippen LogP contribution in [-0.4, -0.2) is 27.9 Å². The van der Waals surface area contributed by atoms with Gasteiger partial charge in [-0.2, -0.15) is 0 Å². The molecule has 1 saturated heterocycles. The summed E-state index contributed by atoms with van der Waals surface area (Å²) in [5.41, 5.74) is 1.50. The molecule has 0 radical (unpaired) electrons. The van der Waals surface area contributed by atoms with Gasteiger partial charge in [-0.3, -0.25) is 15.0 Å². The first-order chi connectivity index (χ1) is 8.24. The molecule has 1 fully saturated rings. The Labute approximate surface area is 96.9 Å². The molecule has 0 unspecified atom stereocenters. The van der Waals surface area contributed by atoms with E-state index in [1.165, 1.54) is 4.90 Å². The maximum absolute atomic E-state index is 11.6. The molecule has 86 valence electrons. The smallest absolute Gasteiger partial charge is 0.307 e. The average molecular weight is 230 g/mol. The Morgan fingerprint density at radius 1 is 1.35 bits per heavy atom. The standard InChI is InChI=1S/C11H10N4O2/c16-10-3-5-15(11(17)13-10)8-6-12-9-2-1-4-14(9)7-8/h1-2,4,6-7H,3,5H2,(H,13,16,17). The number of amides is 3. The van der Waals surface area contributed by atoms with Gasteiger partial charge in [0.25, 0.3) is 0 Å². The van der Waals surface area contributed by atoms with E-state index in [-0.39, 0.29) is 5.91 Å². The second-order valence-electron chi connectivity index (χ2n) is 3.84. The van der Waals surface area contributed by atoms with Crippen LogP contribution >= 0.6 is 0 Å². The van der Waals surface area contributed by atoms with Crippen molar-refractivity contribution in [2.45, 2.75) is 6.42 Å². The van der Waals surface area contributed by atoms with Crippen LogP contribution in [0, 0.1) is 0 Å². The molecule has 2 aromatic heterocycles. The maximum Gasteiger partial charge on any atom is 0.328 e. The Balaban J connectivity index is 1.97. The van der Waals surface area contributed by atoms with Crippen LogP contribution in [0.15, 0.2) is 30.7 Å². The van der Waals surface area contributed by atoms with Gasteiger partial charge in [0.2, 0.25) is 5.91 Å². The van der Waals surface area contributed by atoms with E-state index in [2.05, 4.69) is 10.3 Å². The molecule has 0 atom stereocenters. The first kappa shape index (κ1) is 9.83. The molecule has 3 rings (SSSR count). The lowest BCUT2D eigenvalue weighted by Gasteiger charge is -2.26. The van der Waals surface area contributed by atoms with Gasteiger partial charge in [-0.15, -0.1) is 0 Å². The molecular weight excluding hydrogens is 220 g/mol. The van der Waals surface area contributed by atoms with Gasteiger partial charge in [0.15, 0.2) is 0 Å². The van der Waals surface area contributed by atoms with Crippen molar-refractivity contribution in [3.8, 4) is 0 Å². The second kappa shape index (κ2) is 3.58. The molecule has 1 N–H and O–H groups in total. The van der Waals surface area contributed by atoms with Gasteiger partial charge in [-0.1, -0.05) is 0 Å². The summed E-state index contributed by atoms with van der Waals surface area (Å²) < 4.78 is 1.83. The Hall–Kier alpha value is -2.37. The van der Waals surface area contributed by atoms with Crippen LogP contribution < -0.4 is 10.2 Å². The zero-order valence-electron chi connectivity index (χ0n) is 8.96. The van der Waals surface area contributed by atoms with E-state index in [0.717, 1.165) is 5.65 Å². The normalized spacial score (nSPS) is 16.4. The fourth-order valence-electron chi connectivity index (χ4n) is 1.86. The van der Waals surface area contributed by atoms with Crippen molar-refractivity contribution in [3.05, 3.63) is 30.7 Å². The molecule has 3 amide bonds. The second-order valence-corrected chi connectivity index (χ2v) is 3.84. The SMILES string of the molecule is O=C1CCN(c2cnc3cccn3c2)C(=O)N1. The Kier molecular flexibility index (Phi) is 2.07. The summed E-state index contributed by atoms with van der Waals surface area (Å²) in [6, 6.07) is 3.37. The summed E-state index contributed by atoms with van der Waals surface area (Å²) in [6.45, 7) is 0.388. The molecule has 0 aromatic carbocycles. The highest BCUT2D eigenvalue weighted by Crippen LogP contribution is 2.16. The highest BCUT2D eigenvalue weighted by molar-refractivity contribution is 6.05. The van der Waals surface area contributed by atoms with Crippen LogP contribution in [0.1, 0.15) is 6.42 Å². The van der Waals surface area contributed by atoms with Crippen LogP contribution in [0.5, 0.6) is 0 Å². The van der Waals surface area contributed by atoms with Gasteiger partial charge < -0.3 is 4.40 Å². The molecule has 6 nitrogen and oxygen atoms in total. The van der Waals surface area contributed by atoms with Crippen molar-refractivity contribution >= 4 is 23.3 Å². The Morgan fingerprint density at radius 2 is 2.24 bits per heavy atom. The van der Waals surface area contributed by atoms with E-state index in [1.807, 2.05) is 28.9 Å². The van der Waals surface area contributed by atoms with Gasteiger partial charge >= 0.3 is 6.03 Å². The number of hydrogen-bond donors (Lipinski definition) is 1. The number of aromatic nitrogens is 2. The molecule has 0 saturated carbocycles. The molecule has 1 aliphatic heterocycles. The topological polar surface area (TPSA) is 66.7 Å². The minimum Gasteiger partial charge on any atom is -0.307 e. The predicted molar refractivity (Wildman–Crippen MR) is 60.7 cm³/mol. The van der Waals surface area contributed by atoms with E-state index in [0.29, 0.717) is 18.7 Å². The van der Waals surface area contributed by atoms with E-state index in [1.54, 1.807) is 6.20 Å². The highest BCUT2D eigenvalue weighted by Gasteiger charge is 2.24. The molecule has 6 heteroatoms. The molecule has 2 aromatic rings. The molecule has 0 spiro atoms. The molecule has 0 bridgehead atoms. The minimum absolute atomic E-state index is 0.235. The number of carbonyl (C=O) groups excluding carboxylic acids is 2. The van der Waals surface area contributed by atoms with Crippen molar-refractivity contribution in [2.24, 2.45) is 0 Å². The minimum atomic E-state index is -0.394. The summed E-state index contributed by atoms with van der Waals surface area (Å²) in [6.07, 6.45) is 5.62. The number of hydrogen-bond acceptors (Lipinski definition) is 3. The summed E-state index contributed by atoms with van der Waals surface area (Å²) >= 11 is 0. The van der Waals surface area contributed by atoms with Gasteiger partial charge in [-0.25, -0.2) is 9.78 Å².